The number of hydrogen-bond acceptors (Lipinski definition) is 1. The molecule has 0 spiro atoms. The predicted molar refractivity (Wildman–Crippen MR) is 143 cm³/mol. The van der Waals surface area contributed by atoms with Crippen molar-refractivity contribution in [1.82, 2.24) is 4.90 Å². The van der Waals surface area contributed by atoms with Crippen LogP contribution in [0, 0.1) is 11.8 Å². The number of rotatable bonds is 17. The van der Waals surface area contributed by atoms with Gasteiger partial charge in [-0.1, -0.05) is 0 Å². The second kappa shape index (κ2) is 18.8. The van der Waals surface area contributed by atoms with E-state index in [1.54, 1.807) is 13.3 Å². The van der Waals surface area contributed by atoms with Gasteiger partial charge in [0.25, 0.3) is 0 Å². The van der Waals surface area contributed by atoms with Crippen LogP contribution in [0.2, 0.25) is 13.3 Å². The maximum atomic E-state index is 3.45. The van der Waals surface area contributed by atoms with Crippen molar-refractivity contribution in [3.05, 3.63) is 46.1 Å². The van der Waals surface area contributed by atoms with E-state index >= 15 is 0 Å². The van der Waals surface area contributed by atoms with Crippen LogP contribution >= 0.6 is 0 Å². The van der Waals surface area contributed by atoms with E-state index in [1.807, 2.05) is 0 Å². The molecular weight excluding hydrogens is 481 g/mol. The molecule has 0 aliphatic heterocycles. The Balaban J connectivity index is 2.88. The fraction of sp³-hybridized carbons (Fsp3) is 0.655. The Hall–Kier alpha value is -0.721. The number of benzene rings is 1. The monoisotopic (exact) mass is 531 g/mol. The van der Waals surface area contributed by atoms with Crippen LogP contribution in [0.5, 0.6) is 0 Å². The van der Waals surface area contributed by atoms with E-state index in [1.165, 1.54) is 56.9 Å². The molecule has 0 atom stereocenters. The van der Waals surface area contributed by atoms with Crippen LogP contribution in [0.25, 0.3) is 0 Å². The third kappa shape index (κ3) is 13.4. The third-order valence-electron chi connectivity index (χ3n) is 6.25. The normalized spacial score (nSPS) is 11.8. The summed E-state index contributed by atoms with van der Waals surface area (Å²) in [6.07, 6.45) is 14.4. The van der Waals surface area contributed by atoms with Crippen LogP contribution < -0.4 is 0 Å². The topological polar surface area (TPSA) is 3.24 Å². The Morgan fingerprint density at radius 1 is 0.774 bits per heavy atom. The standard InChI is InChI=1S/C17H22N.3C4H9.Sn/c1-3-5-6-7-11-15-18(14-4-2)16-17-12-9-8-10-13-17;3*1-3-4-2;/h2,4,8-10,12-13H,3,5-6,14-16H2,1H3;3*1,3-4H2,2H3;. The summed E-state index contributed by atoms with van der Waals surface area (Å²) >= 11 is -2.18. The molecular formula is C29H49NSn. The first kappa shape index (κ1) is 28.3. The fourth-order valence-electron chi connectivity index (χ4n) is 4.21. The minimum atomic E-state index is -2.18. The fourth-order valence-corrected chi connectivity index (χ4v) is 18.6. The molecule has 1 rings (SSSR count). The van der Waals surface area contributed by atoms with E-state index in [0.717, 1.165) is 26.1 Å². The molecule has 174 valence electrons. The van der Waals surface area contributed by atoms with Crippen LogP contribution in [-0.2, 0) is 6.54 Å². The summed E-state index contributed by atoms with van der Waals surface area (Å²) in [7, 11) is 0. The zero-order valence-corrected chi connectivity index (χ0v) is 23.9. The molecule has 0 aromatic heterocycles. The number of hydrogen-bond donors (Lipinski definition) is 0. The third-order valence-corrected chi connectivity index (χ3v) is 20.5. The molecule has 0 bridgehead atoms. The van der Waals surface area contributed by atoms with Gasteiger partial charge in [0.15, 0.2) is 0 Å². The van der Waals surface area contributed by atoms with E-state index < -0.39 is 18.4 Å². The molecule has 0 aliphatic carbocycles. The summed E-state index contributed by atoms with van der Waals surface area (Å²) in [5.41, 5.74) is 1.39. The SMILES string of the molecule is CCCCC#CCN(C/C=[CH]/[Sn]([CH2]CCC)([CH2]CCC)[CH2]CCC)Cc1ccccc1. The molecule has 31 heavy (non-hydrogen) atoms. The van der Waals surface area contributed by atoms with Crippen molar-refractivity contribution in [2.45, 2.75) is 105 Å². The van der Waals surface area contributed by atoms with Crippen LogP contribution in [0.15, 0.2) is 40.5 Å². The second-order valence-electron chi connectivity index (χ2n) is 9.19. The van der Waals surface area contributed by atoms with Gasteiger partial charge >= 0.3 is 200 Å². The van der Waals surface area contributed by atoms with Crippen molar-refractivity contribution in [3.8, 4) is 11.8 Å². The summed E-state index contributed by atoms with van der Waals surface area (Å²) in [4.78, 5) is 2.53. The first-order valence-electron chi connectivity index (χ1n) is 13.1. The van der Waals surface area contributed by atoms with Gasteiger partial charge < -0.3 is 0 Å². The second-order valence-corrected chi connectivity index (χ2v) is 22.2. The molecule has 0 N–H and O–H groups in total. The maximum absolute atomic E-state index is 3.45. The zero-order chi connectivity index (χ0) is 22.6. The molecule has 0 unspecified atom stereocenters. The van der Waals surface area contributed by atoms with E-state index in [-0.39, 0.29) is 0 Å². The van der Waals surface area contributed by atoms with E-state index in [4.69, 9.17) is 0 Å². The molecule has 1 nitrogen and oxygen atoms in total. The van der Waals surface area contributed by atoms with Gasteiger partial charge in [-0.15, -0.1) is 0 Å². The molecule has 0 heterocycles. The minimum absolute atomic E-state index is 0.879. The summed E-state index contributed by atoms with van der Waals surface area (Å²) in [5.74, 6) is 6.84. The Morgan fingerprint density at radius 3 is 1.90 bits per heavy atom. The summed E-state index contributed by atoms with van der Waals surface area (Å²) in [6.45, 7) is 12.2. The van der Waals surface area contributed by atoms with Gasteiger partial charge in [-0.2, -0.15) is 0 Å². The van der Waals surface area contributed by atoms with Gasteiger partial charge in [-0.05, 0) is 0 Å². The quantitative estimate of drug-likeness (QED) is 0.111. The van der Waals surface area contributed by atoms with Crippen molar-refractivity contribution in [2.24, 2.45) is 0 Å². The molecule has 0 saturated carbocycles. The van der Waals surface area contributed by atoms with Crippen molar-refractivity contribution in [1.29, 1.82) is 0 Å². The van der Waals surface area contributed by atoms with E-state index in [2.05, 4.69) is 84.9 Å². The van der Waals surface area contributed by atoms with Gasteiger partial charge in [0.2, 0.25) is 0 Å². The van der Waals surface area contributed by atoms with Crippen molar-refractivity contribution in [3.63, 3.8) is 0 Å². The average molecular weight is 530 g/mol. The Morgan fingerprint density at radius 2 is 1.35 bits per heavy atom. The van der Waals surface area contributed by atoms with Crippen LogP contribution in [0.4, 0.5) is 0 Å². The Kier molecular flexibility index (Phi) is 17.2. The summed E-state index contributed by atoms with van der Waals surface area (Å²) < 4.78 is 7.48. The van der Waals surface area contributed by atoms with Gasteiger partial charge in [0, 0.05) is 0 Å². The molecule has 0 fully saturated rings. The van der Waals surface area contributed by atoms with Crippen molar-refractivity contribution >= 4 is 18.4 Å². The molecule has 1 aromatic carbocycles. The van der Waals surface area contributed by atoms with E-state index in [0.29, 0.717) is 0 Å². The van der Waals surface area contributed by atoms with Crippen molar-refractivity contribution in [2.75, 3.05) is 13.1 Å². The zero-order valence-electron chi connectivity index (χ0n) is 21.1. The van der Waals surface area contributed by atoms with Gasteiger partial charge in [-0.3, -0.25) is 0 Å². The Bertz CT molecular complexity index is 603. The molecule has 1 aromatic rings. The molecule has 2 heteroatoms. The van der Waals surface area contributed by atoms with E-state index in [9.17, 15) is 0 Å². The Labute approximate surface area is 199 Å². The van der Waals surface area contributed by atoms with Crippen LogP contribution in [0.1, 0.15) is 91.0 Å². The summed E-state index contributed by atoms with van der Waals surface area (Å²) in [5, 5.41) is 0. The summed E-state index contributed by atoms with van der Waals surface area (Å²) in [6, 6.07) is 10.9. The van der Waals surface area contributed by atoms with Gasteiger partial charge in [-0.25, -0.2) is 0 Å². The molecule has 0 aliphatic rings. The number of nitrogens with zero attached hydrogens (tertiary/aromatic N) is 1. The van der Waals surface area contributed by atoms with Crippen molar-refractivity contribution < 1.29 is 0 Å². The van der Waals surface area contributed by atoms with Crippen LogP contribution in [0.3, 0.4) is 0 Å². The predicted octanol–water partition coefficient (Wildman–Crippen LogP) is 8.63. The van der Waals surface area contributed by atoms with Gasteiger partial charge in [0.1, 0.15) is 0 Å². The number of unbranched alkanes of at least 4 members (excludes halogenated alkanes) is 5. The molecule has 0 amide bonds. The first-order valence-corrected chi connectivity index (χ1v) is 20.8. The van der Waals surface area contributed by atoms with Crippen LogP contribution in [-0.4, -0.2) is 36.4 Å². The molecule has 0 saturated heterocycles. The van der Waals surface area contributed by atoms with Gasteiger partial charge in [0.05, 0.1) is 0 Å². The first-order chi connectivity index (χ1) is 15.2. The average Bonchev–Trinajstić information content (AvgIpc) is 2.80. The molecule has 0 radical (unpaired) electrons.